The van der Waals surface area contributed by atoms with E-state index in [0.717, 1.165) is 17.8 Å². The maximum absolute atomic E-state index is 6.34. The highest BCUT2D eigenvalue weighted by molar-refractivity contribution is 14.1. The first kappa shape index (κ1) is 11.0. The number of imidazole rings is 1. The summed E-state index contributed by atoms with van der Waals surface area (Å²) in [6, 6.07) is 8.15. The van der Waals surface area contributed by atoms with Crippen LogP contribution in [0.1, 0.15) is 16.8 Å². The molecule has 15 heavy (non-hydrogen) atoms. The quantitative estimate of drug-likeness (QED) is 0.676. The first-order valence-electron chi connectivity index (χ1n) is 4.64. The largest absolute Gasteiger partial charge is 0.349 e. The molecule has 2 rings (SSSR count). The number of aromatic nitrogens is 2. The maximum atomic E-state index is 6.34. The Bertz CT molecular complexity index is 428. The molecule has 0 aliphatic rings. The third-order valence-electron chi connectivity index (χ3n) is 2.17. The molecular formula is C11H10ClIN2. The van der Waals surface area contributed by atoms with Gasteiger partial charge in [-0.3, -0.25) is 0 Å². The SMILES string of the molecule is ClC(Cc1ncc[nH]1)c1ccccc1I. The lowest BCUT2D eigenvalue weighted by molar-refractivity contribution is 0.851. The molecule has 0 fully saturated rings. The van der Waals surface area contributed by atoms with Gasteiger partial charge in [0.1, 0.15) is 5.82 Å². The predicted molar refractivity (Wildman–Crippen MR) is 70.0 cm³/mol. The Morgan fingerprint density at radius 1 is 1.40 bits per heavy atom. The standard InChI is InChI=1S/C11H10ClIN2/c12-9(7-11-14-5-6-15-11)8-3-1-2-4-10(8)13/h1-6,9H,7H2,(H,14,15). The third-order valence-corrected chi connectivity index (χ3v) is 3.54. The third kappa shape index (κ3) is 2.72. The molecule has 1 N–H and O–H groups in total. The van der Waals surface area contributed by atoms with Crippen LogP contribution >= 0.6 is 34.2 Å². The van der Waals surface area contributed by atoms with Crippen LogP contribution in [0.4, 0.5) is 0 Å². The van der Waals surface area contributed by atoms with Gasteiger partial charge in [0.25, 0.3) is 0 Å². The summed E-state index contributed by atoms with van der Waals surface area (Å²) in [5.74, 6) is 0.926. The van der Waals surface area contributed by atoms with Gasteiger partial charge in [-0.05, 0) is 34.2 Å². The Hall–Kier alpha value is -0.550. The number of benzene rings is 1. The van der Waals surface area contributed by atoms with Crippen LogP contribution in [0, 0.1) is 3.57 Å². The number of aromatic amines is 1. The number of hydrogen-bond donors (Lipinski definition) is 1. The van der Waals surface area contributed by atoms with Crippen molar-refractivity contribution in [3.63, 3.8) is 0 Å². The van der Waals surface area contributed by atoms with Crippen molar-refractivity contribution < 1.29 is 0 Å². The van der Waals surface area contributed by atoms with E-state index in [2.05, 4.69) is 44.7 Å². The van der Waals surface area contributed by atoms with Gasteiger partial charge in [0, 0.05) is 22.4 Å². The number of H-pyrrole nitrogens is 1. The minimum Gasteiger partial charge on any atom is -0.349 e. The molecular weight excluding hydrogens is 322 g/mol. The number of hydrogen-bond acceptors (Lipinski definition) is 1. The lowest BCUT2D eigenvalue weighted by Gasteiger charge is -2.09. The summed E-state index contributed by atoms with van der Waals surface area (Å²) in [7, 11) is 0. The Morgan fingerprint density at radius 3 is 2.87 bits per heavy atom. The zero-order chi connectivity index (χ0) is 10.7. The van der Waals surface area contributed by atoms with Crippen molar-refractivity contribution in [1.82, 2.24) is 9.97 Å². The van der Waals surface area contributed by atoms with E-state index in [1.807, 2.05) is 18.3 Å². The van der Waals surface area contributed by atoms with Crippen molar-refractivity contribution in [2.45, 2.75) is 11.8 Å². The van der Waals surface area contributed by atoms with Crippen LogP contribution in [0.2, 0.25) is 0 Å². The van der Waals surface area contributed by atoms with E-state index < -0.39 is 0 Å². The highest BCUT2D eigenvalue weighted by Gasteiger charge is 2.12. The number of nitrogens with zero attached hydrogens (tertiary/aromatic N) is 1. The van der Waals surface area contributed by atoms with E-state index in [0.29, 0.717) is 0 Å². The molecule has 1 unspecified atom stereocenters. The predicted octanol–water partition coefficient (Wildman–Crippen LogP) is 3.54. The van der Waals surface area contributed by atoms with Crippen LogP contribution in [0.15, 0.2) is 36.7 Å². The fourth-order valence-electron chi connectivity index (χ4n) is 1.42. The van der Waals surface area contributed by atoms with Crippen molar-refractivity contribution in [1.29, 1.82) is 0 Å². The van der Waals surface area contributed by atoms with Gasteiger partial charge in [-0.15, -0.1) is 11.6 Å². The average molecular weight is 333 g/mol. The molecule has 0 bridgehead atoms. The summed E-state index contributed by atoms with van der Waals surface area (Å²) in [5, 5.41) is -0.0238. The van der Waals surface area contributed by atoms with E-state index in [9.17, 15) is 0 Å². The van der Waals surface area contributed by atoms with Gasteiger partial charge in [0.2, 0.25) is 0 Å². The summed E-state index contributed by atoms with van der Waals surface area (Å²) < 4.78 is 1.20. The molecule has 0 spiro atoms. The Labute approximate surface area is 107 Å². The highest BCUT2D eigenvalue weighted by atomic mass is 127. The van der Waals surface area contributed by atoms with Crippen molar-refractivity contribution in [2.24, 2.45) is 0 Å². The van der Waals surface area contributed by atoms with Gasteiger partial charge in [0.15, 0.2) is 0 Å². The lowest BCUT2D eigenvalue weighted by Crippen LogP contribution is -1.99. The first-order valence-corrected chi connectivity index (χ1v) is 6.15. The maximum Gasteiger partial charge on any atom is 0.107 e. The monoisotopic (exact) mass is 332 g/mol. The number of rotatable bonds is 3. The summed E-state index contributed by atoms with van der Waals surface area (Å²) in [5.41, 5.74) is 1.16. The molecule has 0 aliphatic carbocycles. The molecule has 0 amide bonds. The van der Waals surface area contributed by atoms with Crippen LogP contribution in [0.3, 0.4) is 0 Å². The topological polar surface area (TPSA) is 28.7 Å². The van der Waals surface area contributed by atoms with E-state index in [-0.39, 0.29) is 5.38 Å². The highest BCUT2D eigenvalue weighted by Crippen LogP contribution is 2.27. The summed E-state index contributed by atoms with van der Waals surface area (Å²) in [6.45, 7) is 0. The number of halogens is 2. The normalized spacial score (nSPS) is 12.7. The van der Waals surface area contributed by atoms with Gasteiger partial charge in [0.05, 0.1) is 5.38 Å². The molecule has 2 aromatic rings. The van der Waals surface area contributed by atoms with Crippen molar-refractivity contribution in [3.05, 3.63) is 51.6 Å². The van der Waals surface area contributed by atoms with Gasteiger partial charge in [-0.1, -0.05) is 18.2 Å². The molecule has 1 aromatic carbocycles. The lowest BCUT2D eigenvalue weighted by atomic mass is 10.1. The van der Waals surface area contributed by atoms with E-state index in [1.54, 1.807) is 6.20 Å². The molecule has 0 radical (unpaired) electrons. The fourth-order valence-corrected chi connectivity index (χ4v) is 2.70. The van der Waals surface area contributed by atoms with Crippen molar-refractivity contribution in [2.75, 3.05) is 0 Å². The van der Waals surface area contributed by atoms with Gasteiger partial charge < -0.3 is 4.98 Å². The van der Waals surface area contributed by atoms with Gasteiger partial charge >= 0.3 is 0 Å². The second kappa shape index (κ2) is 4.99. The van der Waals surface area contributed by atoms with E-state index in [1.165, 1.54) is 3.57 Å². The average Bonchev–Trinajstić information content (AvgIpc) is 2.71. The van der Waals surface area contributed by atoms with Crippen LogP contribution in [0.5, 0.6) is 0 Å². The molecule has 1 aromatic heterocycles. The smallest absolute Gasteiger partial charge is 0.107 e. The molecule has 4 heteroatoms. The molecule has 2 nitrogen and oxygen atoms in total. The molecule has 78 valence electrons. The summed E-state index contributed by atoms with van der Waals surface area (Å²) in [4.78, 5) is 7.23. The Kier molecular flexibility index (Phi) is 3.64. The fraction of sp³-hybridized carbons (Fsp3) is 0.182. The zero-order valence-corrected chi connectivity index (χ0v) is 10.9. The van der Waals surface area contributed by atoms with Crippen LogP contribution in [-0.2, 0) is 6.42 Å². The molecule has 0 saturated heterocycles. The van der Waals surface area contributed by atoms with E-state index in [4.69, 9.17) is 11.6 Å². The Morgan fingerprint density at radius 2 is 2.20 bits per heavy atom. The van der Waals surface area contributed by atoms with Gasteiger partial charge in [-0.25, -0.2) is 4.98 Å². The number of nitrogens with one attached hydrogen (secondary N) is 1. The molecule has 0 saturated carbocycles. The second-order valence-electron chi connectivity index (χ2n) is 3.23. The first-order chi connectivity index (χ1) is 7.27. The van der Waals surface area contributed by atoms with Crippen molar-refractivity contribution >= 4 is 34.2 Å². The molecule has 0 aliphatic heterocycles. The zero-order valence-electron chi connectivity index (χ0n) is 7.95. The van der Waals surface area contributed by atoms with Gasteiger partial charge in [-0.2, -0.15) is 0 Å². The second-order valence-corrected chi connectivity index (χ2v) is 4.92. The number of alkyl halides is 1. The van der Waals surface area contributed by atoms with Crippen LogP contribution < -0.4 is 0 Å². The molecule has 1 atom stereocenters. The van der Waals surface area contributed by atoms with Crippen LogP contribution in [-0.4, -0.2) is 9.97 Å². The van der Waals surface area contributed by atoms with Crippen LogP contribution in [0.25, 0.3) is 0 Å². The Balaban J connectivity index is 2.15. The molecule has 1 heterocycles. The summed E-state index contributed by atoms with van der Waals surface area (Å²) >= 11 is 8.64. The summed E-state index contributed by atoms with van der Waals surface area (Å²) in [6.07, 6.45) is 4.29. The minimum absolute atomic E-state index is 0.0238. The van der Waals surface area contributed by atoms with E-state index >= 15 is 0 Å². The van der Waals surface area contributed by atoms with Crippen molar-refractivity contribution in [3.8, 4) is 0 Å². The minimum atomic E-state index is -0.0238.